The smallest absolute Gasteiger partial charge is 0.303 e. The SMILES string of the molecule is CC(F)(F)C1C=C(F)C=C(C(Cc2ccccc2)(NCCCC(=O)O)c2ccc(Cl)cn2)C1. The first-order chi connectivity index (χ1) is 15.6. The van der Waals surface area contributed by atoms with E-state index in [1.54, 1.807) is 12.1 Å². The van der Waals surface area contributed by atoms with E-state index in [0.29, 0.717) is 29.1 Å². The number of halogens is 4. The Morgan fingerprint density at radius 2 is 1.97 bits per heavy atom. The number of rotatable bonds is 10. The van der Waals surface area contributed by atoms with E-state index in [1.165, 1.54) is 12.3 Å². The summed E-state index contributed by atoms with van der Waals surface area (Å²) in [5.74, 6) is -6.11. The number of alkyl halides is 2. The largest absolute Gasteiger partial charge is 0.481 e. The van der Waals surface area contributed by atoms with E-state index in [4.69, 9.17) is 16.7 Å². The fourth-order valence-electron chi connectivity index (χ4n) is 4.09. The molecule has 2 atom stereocenters. The van der Waals surface area contributed by atoms with Crippen molar-refractivity contribution in [3.63, 3.8) is 0 Å². The minimum Gasteiger partial charge on any atom is -0.481 e. The number of pyridine rings is 1. The van der Waals surface area contributed by atoms with Gasteiger partial charge in [-0.1, -0.05) is 41.9 Å². The van der Waals surface area contributed by atoms with Gasteiger partial charge in [-0.15, -0.1) is 0 Å². The van der Waals surface area contributed by atoms with E-state index >= 15 is 0 Å². The molecule has 0 saturated heterocycles. The number of aliphatic carboxylic acids is 1. The molecular formula is C25H26ClF3N2O2. The molecule has 0 fully saturated rings. The molecule has 1 aliphatic carbocycles. The van der Waals surface area contributed by atoms with Crippen LogP contribution in [-0.4, -0.2) is 28.5 Å². The van der Waals surface area contributed by atoms with Gasteiger partial charge in [0, 0.05) is 25.0 Å². The number of aromatic nitrogens is 1. The van der Waals surface area contributed by atoms with Crippen LogP contribution < -0.4 is 5.32 Å². The zero-order valence-electron chi connectivity index (χ0n) is 18.2. The minimum atomic E-state index is -3.12. The maximum absolute atomic E-state index is 14.7. The predicted octanol–water partition coefficient (Wildman–Crippen LogP) is 6.08. The van der Waals surface area contributed by atoms with Crippen LogP contribution in [0.3, 0.4) is 0 Å². The highest BCUT2D eigenvalue weighted by molar-refractivity contribution is 6.30. The van der Waals surface area contributed by atoms with E-state index < -0.39 is 29.2 Å². The van der Waals surface area contributed by atoms with Crippen molar-refractivity contribution in [1.29, 1.82) is 0 Å². The summed E-state index contributed by atoms with van der Waals surface area (Å²) >= 11 is 6.04. The van der Waals surface area contributed by atoms with Gasteiger partial charge >= 0.3 is 5.97 Å². The van der Waals surface area contributed by atoms with E-state index in [2.05, 4.69) is 10.3 Å². The van der Waals surface area contributed by atoms with Crippen LogP contribution in [0.5, 0.6) is 0 Å². The summed E-state index contributed by atoms with van der Waals surface area (Å²) in [5, 5.41) is 12.8. The van der Waals surface area contributed by atoms with Gasteiger partial charge in [0.2, 0.25) is 0 Å². The van der Waals surface area contributed by atoms with Crippen molar-refractivity contribution in [1.82, 2.24) is 10.3 Å². The first-order valence-electron chi connectivity index (χ1n) is 10.7. The third kappa shape index (κ3) is 6.45. The number of carboxylic acids is 1. The summed E-state index contributed by atoms with van der Waals surface area (Å²) in [6.45, 7) is 1.05. The lowest BCUT2D eigenvalue weighted by Crippen LogP contribution is -2.48. The molecule has 0 amide bonds. The fourth-order valence-corrected chi connectivity index (χ4v) is 4.20. The average molecular weight is 479 g/mol. The summed E-state index contributed by atoms with van der Waals surface area (Å²) in [4.78, 5) is 15.5. The van der Waals surface area contributed by atoms with Crippen LogP contribution >= 0.6 is 11.6 Å². The van der Waals surface area contributed by atoms with Crippen LogP contribution in [-0.2, 0) is 16.8 Å². The highest BCUT2D eigenvalue weighted by atomic mass is 35.5. The number of allylic oxidation sites excluding steroid dienone is 3. The Morgan fingerprint density at radius 1 is 1.24 bits per heavy atom. The summed E-state index contributed by atoms with van der Waals surface area (Å²) in [5.41, 5.74) is 0.656. The molecule has 2 unspecified atom stereocenters. The van der Waals surface area contributed by atoms with Crippen molar-refractivity contribution in [3.8, 4) is 0 Å². The van der Waals surface area contributed by atoms with Gasteiger partial charge in [0.15, 0.2) is 0 Å². The second-order valence-corrected chi connectivity index (χ2v) is 8.78. The summed E-state index contributed by atoms with van der Waals surface area (Å²) in [6, 6.07) is 12.7. The van der Waals surface area contributed by atoms with Gasteiger partial charge in [-0.05, 0) is 61.7 Å². The second-order valence-electron chi connectivity index (χ2n) is 8.34. The number of hydrogen-bond acceptors (Lipinski definition) is 3. The summed E-state index contributed by atoms with van der Waals surface area (Å²) in [6.07, 6.45) is 4.15. The van der Waals surface area contributed by atoms with Gasteiger partial charge in [-0.3, -0.25) is 9.78 Å². The van der Waals surface area contributed by atoms with Crippen LogP contribution in [0.2, 0.25) is 5.02 Å². The second kappa shape index (κ2) is 10.5. The zero-order valence-corrected chi connectivity index (χ0v) is 19.0. The molecule has 0 saturated carbocycles. The molecule has 1 aliphatic rings. The molecule has 0 radical (unpaired) electrons. The normalized spacial score (nSPS) is 18.3. The maximum Gasteiger partial charge on any atom is 0.303 e. The molecule has 0 bridgehead atoms. The number of nitrogens with one attached hydrogen (secondary N) is 1. The van der Waals surface area contributed by atoms with Gasteiger partial charge in [-0.25, -0.2) is 13.2 Å². The topological polar surface area (TPSA) is 62.2 Å². The lowest BCUT2D eigenvalue weighted by Gasteiger charge is -2.40. The number of hydrogen-bond donors (Lipinski definition) is 2. The molecule has 0 aliphatic heterocycles. The predicted molar refractivity (Wildman–Crippen MR) is 122 cm³/mol. The van der Waals surface area contributed by atoms with Gasteiger partial charge in [-0.2, -0.15) is 0 Å². The Hall–Kier alpha value is -2.64. The lowest BCUT2D eigenvalue weighted by atomic mass is 9.73. The maximum atomic E-state index is 14.7. The van der Waals surface area contributed by atoms with Crippen molar-refractivity contribution < 1.29 is 23.1 Å². The lowest BCUT2D eigenvalue weighted by molar-refractivity contribution is -0.137. The molecule has 1 heterocycles. The Kier molecular flexibility index (Phi) is 7.97. The van der Waals surface area contributed by atoms with Gasteiger partial charge in [0.25, 0.3) is 5.92 Å². The molecule has 2 aromatic rings. The van der Waals surface area contributed by atoms with Crippen LogP contribution in [0.4, 0.5) is 13.2 Å². The van der Waals surface area contributed by atoms with E-state index in [0.717, 1.165) is 18.6 Å². The van der Waals surface area contributed by atoms with E-state index in [9.17, 15) is 18.0 Å². The highest BCUT2D eigenvalue weighted by Crippen LogP contribution is 2.43. The number of benzene rings is 1. The quantitative estimate of drug-likeness (QED) is 0.406. The van der Waals surface area contributed by atoms with Crippen molar-refractivity contribution in [3.05, 3.63) is 88.5 Å². The van der Waals surface area contributed by atoms with E-state index in [1.807, 2.05) is 30.3 Å². The number of nitrogens with zero attached hydrogens (tertiary/aromatic N) is 1. The van der Waals surface area contributed by atoms with Crippen molar-refractivity contribution >= 4 is 17.6 Å². The Labute approximate surface area is 196 Å². The molecule has 4 nitrogen and oxygen atoms in total. The van der Waals surface area contributed by atoms with Gasteiger partial charge < -0.3 is 10.4 Å². The monoisotopic (exact) mass is 478 g/mol. The Balaban J connectivity index is 2.11. The van der Waals surface area contributed by atoms with E-state index in [-0.39, 0.29) is 19.4 Å². The zero-order chi connectivity index (χ0) is 24.1. The van der Waals surface area contributed by atoms with Crippen molar-refractivity contribution in [2.45, 2.75) is 44.1 Å². The summed E-state index contributed by atoms with van der Waals surface area (Å²) < 4.78 is 43.2. The molecular weight excluding hydrogens is 453 g/mol. The molecule has 1 aromatic carbocycles. The molecule has 2 N–H and O–H groups in total. The molecule has 33 heavy (non-hydrogen) atoms. The summed E-state index contributed by atoms with van der Waals surface area (Å²) in [7, 11) is 0. The highest BCUT2D eigenvalue weighted by Gasteiger charge is 2.43. The van der Waals surface area contributed by atoms with Crippen LogP contribution in [0.25, 0.3) is 0 Å². The Bertz CT molecular complexity index is 1020. The third-order valence-corrected chi connectivity index (χ3v) is 6.01. The molecule has 3 rings (SSSR count). The molecule has 176 valence electrons. The fraction of sp³-hybridized carbons (Fsp3) is 0.360. The first-order valence-corrected chi connectivity index (χ1v) is 11.1. The van der Waals surface area contributed by atoms with Gasteiger partial charge in [0.05, 0.1) is 16.3 Å². The average Bonchev–Trinajstić information content (AvgIpc) is 2.76. The van der Waals surface area contributed by atoms with Gasteiger partial charge in [0.1, 0.15) is 5.83 Å². The van der Waals surface area contributed by atoms with Crippen LogP contribution in [0, 0.1) is 5.92 Å². The number of carbonyl (C=O) groups is 1. The van der Waals surface area contributed by atoms with Crippen LogP contribution in [0.1, 0.15) is 37.4 Å². The number of carboxylic acid groups (broad SMARTS) is 1. The van der Waals surface area contributed by atoms with Crippen molar-refractivity contribution in [2.24, 2.45) is 5.92 Å². The van der Waals surface area contributed by atoms with Crippen molar-refractivity contribution in [2.75, 3.05) is 6.54 Å². The molecule has 0 spiro atoms. The molecule has 8 heteroatoms. The standard InChI is InChI=1S/C25H26ClF3N2O2/c1-24(28,29)18-12-19(14-21(27)13-18)25(31-11-5-8-23(32)33,15-17-6-3-2-4-7-17)22-10-9-20(26)16-30-22/h2-4,6-7,9-10,13-14,16,18,31H,5,8,11-12,15H2,1H3,(H,32,33). The first kappa shape index (κ1) is 25.0. The Morgan fingerprint density at radius 3 is 2.58 bits per heavy atom. The third-order valence-electron chi connectivity index (χ3n) is 5.78. The molecule has 1 aromatic heterocycles. The van der Waals surface area contributed by atoms with Crippen LogP contribution in [0.15, 0.2) is 72.2 Å². The minimum absolute atomic E-state index is 0.0641.